The minimum absolute atomic E-state index is 0.0301. The maximum absolute atomic E-state index is 12.7. The Hall–Kier alpha value is -1.48. The van der Waals surface area contributed by atoms with Crippen LogP contribution in [0.5, 0.6) is 0 Å². The predicted molar refractivity (Wildman–Crippen MR) is 81.0 cm³/mol. The van der Waals surface area contributed by atoms with Crippen LogP contribution in [0.3, 0.4) is 0 Å². The fourth-order valence-corrected chi connectivity index (χ4v) is 4.23. The maximum atomic E-state index is 12.7. The summed E-state index contributed by atoms with van der Waals surface area (Å²) in [6, 6.07) is 5.20. The SMILES string of the molecule is CN(Cc1cscn1)S(=O)(=O)c1c(Cl)nc2ccccn12. The second kappa shape index (κ2) is 5.38. The third kappa shape index (κ3) is 2.55. The highest BCUT2D eigenvalue weighted by molar-refractivity contribution is 7.89. The number of hydrogen-bond donors (Lipinski definition) is 0. The summed E-state index contributed by atoms with van der Waals surface area (Å²) in [6.45, 7) is 0.183. The van der Waals surface area contributed by atoms with Gasteiger partial charge < -0.3 is 0 Å². The van der Waals surface area contributed by atoms with Crippen molar-refractivity contribution in [3.8, 4) is 0 Å². The lowest BCUT2D eigenvalue weighted by Crippen LogP contribution is -2.27. The summed E-state index contributed by atoms with van der Waals surface area (Å²) in [6.07, 6.45) is 1.62. The largest absolute Gasteiger partial charge is 0.288 e. The van der Waals surface area contributed by atoms with Crippen LogP contribution in [0.2, 0.25) is 5.15 Å². The highest BCUT2D eigenvalue weighted by Crippen LogP contribution is 2.25. The highest BCUT2D eigenvalue weighted by Gasteiger charge is 2.29. The summed E-state index contributed by atoms with van der Waals surface area (Å²) in [7, 11) is -2.27. The maximum Gasteiger partial charge on any atom is 0.262 e. The number of sulfonamides is 1. The minimum Gasteiger partial charge on any atom is -0.288 e. The third-order valence-corrected chi connectivity index (χ3v) is 5.81. The summed E-state index contributed by atoms with van der Waals surface area (Å²) in [5.41, 5.74) is 2.84. The van der Waals surface area contributed by atoms with Gasteiger partial charge in [-0.15, -0.1) is 11.3 Å². The van der Waals surface area contributed by atoms with Gasteiger partial charge in [-0.05, 0) is 12.1 Å². The predicted octanol–water partition coefficient (Wildman–Crippen LogP) is 2.26. The topological polar surface area (TPSA) is 67.6 Å². The van der Waals surface area contributed by atoms with E-state index in [0.717, 1.165) is 0 Å². The molecule has 0 aliphatic carbocycles. The van der Waals surface area contributed by atoms with Crippen LogP contribution >= 0.6 is 22.9 Å². The Balaban J connectivity index is 2.06. The number of halogens is 1. The molecule has 3 aromatic heterocycles. The third-order valence-electron chi connectivity index (χ3n) is 2.97. The first-order valence-electron chi connectivity index (χ1n) is 5.96. The van der Waals surface area contributed by atoms with E-state index in [9.17, 15) is 8.42 Å². The molecule has 0 bridgehead atoms. The van der Waals surface area contributed by atoms with E-state index in [-0.39, 0.29) is 16.7 Å². The molecule has 0 spiro atoms. The van der Waals surface area contributed by atoms with E-state index < -0.39 is 10.0 Å². The van der Waals surface area contributed by atoms with Crippen LogP contribution in [-0.4, -0.2) is 34.1 Å². The first kappa shape index (κ1) is 14.5. The molecule has 0 atom stereocenters. The van der Waals surface area contributed by atoms with E-state index in [2.05, 4.69) is 9.97 Å². The van der Waals surface area contributed by atoms with Gasteiger partial charge in [0.1, 0.15) is 5.65 Å². The van der Waals surface area contributed by atoms with Crippen LogP contribution in [0, 0.1) is 0 Å². The fourth-order valence-electron chi connectivity index (χ4n) is 1.95. The van der Waals surface area contributed by atoms with E-state index in [1.807, 2.05) is 5.38 Å². The molecule has 21 heavy (non-hydrogen) atoms. The van der Waals surface area contributed by atoms with E-state index in [1.165, 1.54) is 27.1 Å². The Morgan fingerprint density at radius 2 is 2.24 bits per heavy atom. The molecule has 0 unspecified atom stereocenters. The van der Waals surface area contributed by atoms with Gasteiger partial charge in [-0.3, -0.25) is 4.40 Å². The summed E-state index contributed by atoms with van der Waals surface area (Å²) in [4.78, 5) is 8.16. The first-order valence-corrected chi connectivity index (χ1v) is 8.72. The molecule has 0 aromatic carbocycles. The molecule has 3 rings (SSSR count). The van der Waals surface area contributed by atoms with Crippen LogP contribution in [-0.2, 0) is 16.6 Å². The van der Waals surface area contributed by atoms with Gasteiger partial charge in [0.15, 0.2) is 10.2 Å². The second-order valence-electron chi connectivity index (χ2n) is 4.38. The molecule has 0 N–H and O–H groups in total. The molecular weight excluding hydrogens is 332 g/mol. The van der Waals surface area contributed by atoms with E-state index >= 15 is 0 Å². The molecule has 0 aliphatic rings. The van der Waals surface area contributed by atoms with Crippen molar-refractivity contribution in [3.05, 3.63) is 46.1 Å². The lowest BCUT2D eigenvalue weighted by molar-refractivity contribution is 0.459. The number of imidazole rings is 1. The summed E-state index contributed by atoms with van der Waals surface area (Å²) in [5, 5.41) is 1.74. The number of thiazole rings is 1. The average molecular weight is 343 g/mol. The van der Waals surface area contributed by atoms with Crippen molar-refractivity contribution in [2.45, 2.75) is 11.6 Å². The highest BCUT2D eigenvalue weighted by atomic mass is 35.5. The van der Waals surface area contributed by atoms with Crippen LogP contribution in [0.15, 0.2) is 40.3 Å². The van der Waals surface area contributed by atoms with Gasteiger partial charge in [-0.2, -0.15) is 4.31 Å². The number of nitrogens with zero attached hydrogens (tertiary/aromatic N) is 4. The standard InChI is InChI=1S/C12H11ClN4O2S2/c1-16(6-9-7-20-8-14-9)21(18,19)12-11(13)15-10-4-2-3-5-17(10)12/h2-5,7-8H,6H2,1H3. The van der Waals surface area contributed by atoms with Gasteiger partial charge in [-0.25, -0.2) is 18.4 Å². The van der Waals surface area contributed by atoms with Crippen molar-refractivity contribution >= 4 is 38.6 Å². The summed E-state index contributed by atoms with van der Waals surface area (Å²) in [5.74, 6) is 0. The fraction of sp³-hybridized carbons (Fsp3) is 0.167. The lowest BCUT2D eigenvalue weighted by atomic mass is 10.5. The van der Waals surface area contributed by atoms with Crippen molar-refractivity contribution in [3.63, 3.8) is 0 Å². The van der Waals surface area contributed by atoms with Gasteiger partial charge in [0, 0.05) is 18.6 Å². The Kier molecular flexibility index (Phi) is 3.70. The first-order chi connectivity index (χ1) is 10.00. The summed E-state index contributed by atoms with van der Waals surface area (Å²) >= 11 is 7.45. The van der Waals surface area contributed by atoms with Gasteiger partial charge in [0.05, 0.1) is 17.7 Å². The van der Waals surface area contributed by atoms with Crippen LogP contribution in [0.25, 0.3) is 5.65 Å². The van der Waals surface area contributed by atoms with Crippen molar-refractivity contribution < 1.29 is 8.42 Å². The Morgan fingerprint density at radius 3 is 2.95 bits per heavy atom. The molecule has 0 amide bonds. The Bertz CT molecular complexity index is 874. The number of rotatable bonds is 4. The van der Waals surface area contributed by atoms with Crippen molar-refractivity contribution in [2.24, 2.45) is 0 Å². The number of fused-ring (bicyclic) bond motifs is 1. The molecule has 0 radical (unpaired) electrons. The Labute approximate surface area is 130 Å². The molecule has 0 aliphatic heterocycles. The monoisotopic (exact) mass is 342 g/mol. The van der Waals surface area contributed by atoms with Crippen molar-refractivity contribution in [1.82, 2.24) is 18.7 Å². The molecule has 110 valence electrons. The van der Waals surface area contributed by atoms with Gasteiger partial charge >= 0.3 is 0 Å². The van der Waals surface area contributed by atoms with E-state index in [0.29, 0.717) is 11.3 Å². The van der Waals surface area contributed by atoms with E-state index in [1.54, 1.807) is 29.9 Å². The molecule has 0 fully saturated rings. The normalized spacial score (nSPS) is 12.3. The molecule has 0 saturated carbocycles. The van der Waals surface area contributed by atoms with E-state index in [4.69, 9.17) is 11.6 Å². The molecular formula is C12H11ClN4O2S2. The van der Waals surface area contributed by atoms with Crippen LogP contribution in [0.1, 0.15) is 5.69 Å². The number of pyridine rings is 1. The molecule has 0 saturated heterocycles. The van der Waals surface area contributed by atoms with Crippen molar-refractivity contribution in [1.29, 1.82) is 0 Å². The zero-order chi connectivity index (χ0) is 15.0. The minimum atomic E-state index is -3.76. The number of hydrogen-bond acceptors (Lipinski definition) is 5. The molecule has 3 aromatic rings. The zero-order valence-corrected chi connectivity index (χ0v) is 13.4. The van der Waals surface area contributed by atoms with Gasteiger partial charge in [0.25, 0.3) is 10.0 Å². The molecule has 6 nitrogen and oxygen atoms in total. The quantitative estimate of drug-likeness (QED) is 0.729. The zero-order valence-electron chi connectivity index (χ0n) is 11.0. The van der Waals surface area contributed by atoms with Crippen molar-refractivity contribution in [2.75, 3.05) is 7.05 Å². The Morgan fingerprint density at radius 1 is 1.43 bits per heavy atom. The smallest absolute Gasteiger partial charge is 0.262 e. The van der Waals surface area contributed by atoms with Crippen LogP contribution < -0.4 is 0 Å². The molecule has 3 heterocycles. The van der Waals surface area contributed by atoms with Gasteiger partial charge in [-0.1, -0.05) is 17.7 Å². The number of aromatic nitrogens is 3. The average Bonchev–Trinajstić information content (AvgIpc) is 3.04. The van der Waals surface area contributed by atoms with Crippen LogP contribution in [0.4, 0.5) is 0 Å². The van der Waals surface area contributed by atoms with Gasteiger partial charge in [0.2, 0.25) is 0 Å². The lowest BCUT2D eigenvalue weighted by Gasteiger charge is -2.15. The summed E-state index contributed by atoms with van der Waals surface area (Å²) < 4.78 is 28.1. The molecule has 9 heteroatoms. The second-order valence-corrected chi connectivity index (χ2v) is 7.41.